The van der Waals surface area contributed by atoms with Gasteiger partial charge in [0.1, 0.15) is 12.0 Å². The molecule has 2 aromatic carbocycles. The monoisotopic (exact) mass is 316 g/mol. The van der Waals surface area contributed by atoms with Crippen molar-refractivity contribution in [1.29, 1.82) is 0 Å². The molecule has 2 aromatic rings. The smallest absolute Gasteiger partial charge is 0.354 e. The molecule has 0 heterocycles. The lowest BCUT2D eigenvalue weighted by atomic mass is 10.1. The lowest BCUT2D eigenvalue weighted by molar-refractivity contribution is -0.433. The maximum atomic E-state index is 13.2. The van der Waals surface area contributed by atoms with Crippen molar-refractivity contribution in [2.24, 2.45) is 0 Å². The van der Waals surface area contributed by atoms with E-state index in [-0.39, 0.29) is 5.56 Å². The van der Waals surface area contributed by atoms with Gasteiger partial charge in [-0.3, -0.25) is 0 Å². The number of rotatable bonds is 6. The third kappa shape index (κ3) is 4.11. The molecule has 0 aromatic heterocycles. The van der Waals surface area contributed by atoms with E-state index in [1.807, 2.05) is 0 Å². The summed E-state index contributed by atoms with van der Waals surface area (Å²) >= 11 is -0.463. The van der Waals surface area contributed by atoms with E-state index in [9.17, 15) is 13.6 Å². The minimum absolute atomic E-state index is 0.188. The molecular formula is C13H10F2O5S. The van der Waals surface area contributed by atoms with Crippen LogP contribution < -0.4 is 0 Å². The SMILES string of the molecule is O=C(OCC(F)(F)SOOO)c1cccc2ccccc12. The third-order valence-corrected chi connectivity index (χ3v) is 3.06. The average molecular weight is 316 g/mol. The van der Waals surface area contributed by atoms with Gasteiger partial charge >= 0.3 is 11.2 Å². The molecule has 0 aliphatic rings. The van der Waals surface area contributed by atoms with Crippen molar-refractivity contribution in [2.75, 3.05) is 6.61 Å². The van der Waals surface area contributed by atoms with Crippen LogP contribution in [0.2, 0.25) is 0 Å². The molecule has 0 radical (unpaired) electrons. The molecule has 0 aliphatic heterocycles. The molecule has 0 saturated heterocycles. The van der Waals surface area contributed by atoms with Crippen molar-refractivity contribution in [3.63, 3.8) is 0 Å². The fourth-order valence-electron chi connectivity index (χ4n) is 1.72. The molecule has 0 spiro atoms. The molecule has 21 heavy (non-hydrogen) atoms. The molecule has 0 saturated carbocycles. The number of hydrogen-bond donors (Lipinski definition) is 1. The van der Waals surface area contributed by atoms with Gasteiger partial charge in [0, 0.05) is 0 Å². The number of carbonyl (C=O) groups is 1. The van der Waals surface area contributed by atoms with Gasteiger partial charge in [-0.2, -0.15) is 8.78 Å². The molecule has 8 heteroatoms. The van der Waals surface area contributed by atoms with Crippen molar-refractivity contribution >= 4 is 28.8 Å². The van der Waals surface area contributed by atoms with Gasteiger partial charge < -0.3 is 4.74 Å². The molecule has 0 amide bonds. The molecule has 0 fully saturated rings. The Bertz CT molecular complexity index is 629. The zero-order valence-corrected chi connectivity index (χ0v) is 11.3. The highest BCUT2D eigenvalue weighted by atomic mass is 32.2. The van der Waals surface area contributed by atoms with Crippen molar-refractivity contribution in [3.8, 4) is 0 Å². The average Bonchev–Trinajstić information content (AvgIpc) is 2.50. The molecular weight excluding hydrogens is 306 g/mol. The Morgan fingerprint density at radius 2 is 1.90 bits per heavy atom. The quantitative estimate of drug-likeness (QED) is 0.380. The second-order valence-electron chi connectivity index (χ2n) is 3.97. The number of alkyl halides is 2. The topological polar surface area (TPSA) is 65.0 Å². The largest absolute Gasteiger partial charge is 0.455 e. The van der Waals surface area contributed by atoms with E-state index in [1.165, 1.54) is 6.07 Å². The standard InChI is InChI=1S/C13H10F2O5S/c14-13(15,21-20-19-17)8-18-12(16)11-7-3-5-9-4-1-2-6-10(9)11/h1-7,17H,8H2. The summed E-state index contributed by atoms with van der Waals surface area (Å²) in [5, 5.41) is 8.74. The van der Waals surface area contributed by atoms with Crippen LogP contribution in [-0.2, 0) is 14.1 Å². The number of esters is 1. The minimum atomic E-state index is -3.55. The van der Waals surface area contributed by atoms with E-state index < -0.39 is 29.9 Å². The number of carbonyl (C=O) groups excluding carboxylic acids is 1. The molecule has 112 valence electrons. The van der Waals surface area contributed by atoms with Crippen molar-refractivity contribution < 1.29 is 32.9 Å². The fourth-order valence-corrected chi connectivity index (χ4v) is 1.96. The number of fused-ring (bicyclic) bond motifs is 1. The Morgan fingerprint density at radius 3 is 2.67 bits per heavy atom. The van der Waals surface area contributed by atoms with Crippen LogP contribution in [0.5, 0.6) is 0 Å². The second kappa shape index (κ2) is 6.81. The number of halogens is 2. The van der Waals surface area contributed by atoms with Crippen molar-refractivity contribution in [1.82, 2.24) is 0 Å². The molecule has 0 unspecified atom stereocenters. The third-order valence-electron chi connectivity index (χ3n) is 2.57. The Hall–Kier alpha value is -1.74. The van der Waals surface area contributed by atoms with Crippen LogP contribution in [-0.4, -0.2) is 23.1 Å². The maximum absolute atomic E-state index is 13.2. The van der Waals surface area contributed by atoms with Gasteiger partial charge in [-0.05, 0) is 16.8 Å². The Morgan fingerprint density at radius 1 is 1.19 bits per heavy atom. The lowest BCUT2D eigenvalue weighted by Crippen LogP contribution is -2.22. The highest BCUT2D eigenvalue weighted by Crippen LogP contribution is 2.30. The van der Waals surface area contributed by atoms with E-state index in [2.05, 4.69) is 14.1 Å². The first-order chi connectivity index (χ1) is 10.0. The summed E-state index contributed by atoms with van der Waals surface area (Å²) in [5.41, 5.74) is 0.188. The van der Waals surface area contributed by atoms with Crippen molar-refractivity contribution in [2.45, 2.75) is 5.25 Å². The summed E-state index contributed by atoms with van der Waals surface area (Å²) in [4.78, 5) is 11.9. The second-order valence-corrected chi connectivity index (χ2v) is 4.87. The van der Waals surface area contributed by atoms with E-state index in [4.69, 9.17) is 5.26 Å². The highest BCUT2D eigenvalue weighted by Gasteiger charge is 2.34. The number of hydrogen-bond acceptors (Lipinski definition) is 6. The summed E-state index contributed by atoms with van der Waals surface area (Å²) in [6.45, 7) is -1.22. The van der Waals surface area contributed by atoms with Crippen LogP contribution in [0.25, 0.3) is 10.8 Å². The van der Waals surface area contributed by atoms with E-state index >= 15 is 0 Å². The molecule has 0 aliphatic carbocycles. The zero-order chi connectivity index (χ0) is 15.3. The Balaban J connectivity index is 2.09. The van der Waals surface area contributed by atoms with Gasteiger partial charge in [-0.1, -0.05) is 41.4 Å². The van der Waals surface area contributed by atoms with Gasteiger partial charge in [0.2, 0.25) is 0 Å². The van der Waals surface area contributed by atoms with Gasteiger partial charge in [-0.15, -0.1) is 4.33 Å². The molecule has 2 rings (SSSR count). The summed E-state index contributed by atoms with van der Waals surface area (Å²) in [5.74, 6) is -0.878. The summed E-state index contributed by atoms with van der Waals surface area (Å²) in [6, 6.07) is 11.9. The van der Waals surface area contributed by atoms with Crippen LogP contribution in [0.1, 0.15) is 10.4 Å². The Labute approximate surface area is 122 Å². The summed E-state index contributed by atoms with van der Waals surface area (Å²) < 4.78 is 34.5. The summed E-state index contributed by atoms with van der Waals surface area (Å²) in [6.07, 6.45) is 0. The Kier molecular flexibility index (Phi) is 5.07. The highest BCUT2D eigenvalue weighted by molar-refractivity contribution is 7.95. The van der Waals surface area contributed by atoms with Gasteiger partial charge in [-0.25, -0.2) is 10.1 Å². The first-order valence-corrected chi connectivity index (χ1v) is 6.46. The van der Waals surface area contributed by atoms with Gasteiger partial charge in [0.05, 0.1) is 5.56 Å². The predicted octanol–water partition coefficient (Wildman–Crippen LogP) is 3.66. The van der Waals surface area contributed by atoms with Crippen LogP contribution in [0.4, 0.5) is 8.78 Å². The predicted molar refractivity (Wildman–Crippen MR) is 71.6 cm³/mol. The normalized spacial score (nSPS) is 11.6. The zero-order valence-electron chi connectivity index (χ0n) is 10.5. The van der Waals surface area contributed by atoms with E-state index in [0.717, 1.165) is 5.39 Å². The molecule has 0 bridgehead atoms. The lowest BCUT2D eigenvalue weighted by Gasteiger charge is -2.13. The minimum Gasteiger partial charge on any atom is -0.455 e. The number of ether oxygens (including phenoxy) is 1. The first-order valence-electron chi connectivity index (χ1n) is 5.72. The van der Waals surface area contributed by atoms with Crippen molar-refractivity contribution in [3.05, 3.63) is 48.0 Å². The first kappa shape index (κ1) is 15.6. The van der Waals surface area contributed by atoms with Crippen LogP contribution in [0, 0.1) is 0 Å². The van der Waals surface area contributed by atoms with Crippen LogP contribution in [0.15, 0.2) is 42.5 Å². The van der Waals surface area contributed by atoms with Crippen LogP contribution >= 0.6 is 12.0 Å². The number of benzene rings is 2. The molecule has 5 nitrogen and oxygen atoms in total. The summed E-state index contributed by atoms with van der Waals surface area (Å²) in [7, 11) is 0. The van der Waals surface area contributed by atoms with E-state index in [1.54, 1.807) is 36.4 Å². The van der Waals surface area contributed by atoms with Crippen LogP contribution in [0.3, 0.4) is 0 Å². The molecule has 0 atom stereocenters. The maximum Gasteiger partial charge on any atom is 0.354 e. The fraction of sp³-hybridized carbons (Fsp3) is 0.154. The van der Waals surface area contributed by atoms with Gasteiger partial charge in [0.15, 0.2) is 6.61 Å². The molecule has 1 N–H and O–H groups in total. The van der Waals surface area contributed by atoms with E-state index in [0.29, 0.717) is 5.39 Å². The van der Waals surface area contributed by atoms with Gasteiger partial charge in [0.25, 0.3) is 0 Å².